The van der Waals surface area contributed by atoms with Crippen molar-refractivity contribution in [1.82, 2.24) is 20.0 Å². The molecule has 2 fully saturated rings. The molecule has 10 nitrogen and oxygen atoms in total. The van der Waals surface area contributed by atoms with E-state index < -0.39 is 4.92 Å². The molecule has 0 aliphatic carbocycles. The summed E-state index contributed by atoms with van der Waals surface area (Å²) < 4.78 is 13.0. The van der Waals surface area contributed by atoms with E-state index in [1.165, 1.54) is 15.8 Å². The Labute approximate surface area is 178 Å². The van der Waals surface area contributed by atoms with E-state index >= 15 is 0 Å². The maximum absolute atomic E-state index is 12.6. The van der Waals surface area contributed by atoms with Gasteiger partial charge in [-0.25, -0.2) is 0 Å². The lowest BCUT2D eigenvalue weighted by Gasteiger charge is -2.18. The van der Waals surface area contributed by atoms with Gasteiger partial charge in [0, 0.05) is 12.7 Å². The van der Waals surface area contributed by atoms with E-state index in [2.05, 4.69) is 26.3 Å². The van der Waals surface area contributed by atoms with Crippen LogP contribution < -0.4 is 5.32 Å². The molecule has 1 unspecified atom stereocenters. The van der Waals surface area contributed by atoms with Crippen molar-refractivity contribution in [2.24, 2.45) is 0 Å². The molecule has 1 amide bonds. The lowest BCUT2D eigenvalue weighted by molar-refractivity contribution is -0.390. The number of hydrogen-bond acceptors (Lipinski definition) is 7. The highest BCUT2D eigenvalue weighted by Crippen LogP contribution is 2.23. The number of ether oxygens (including phenoxy) is 1. The van der Waals surface area contributed by atoms with Crippen LogP contribution in [0.4, 0.5) is 5.82 Å². The van der Waals surface area contributed by atoms with Crippen molar-refractivity contribution in [3.05, 3.63) is 50.1 Å². The molecule has 152 valence electrons. The smallest absolute Gasteiger partial charge is 0.404 e. The number of halogens is 1. The van der Waals surface area contributed by atoms with Crippen LogP contribution >= 0.6 is 28.1 Å². The van der Waals surface area contributed by atoms with Gasteiger partial charge in [-0.1, -0.05) is 0 Å². The van der Waals surface area contributed by atoms with Gasteiger partial charge in [0.05, 0.1) is 23.9 Å². The van der Waals surface area contributed by atoms with Crippen molar-refractivity contribution in [3.63, 3.8) is 0 Å². The molecular formula is C17H16BrN5O5S. The third-order valence-corrected chi connectivity index (χ3v) is 5.41. The number of nitro groups is 1. The van der Waals surface area contributed by atoms with Crippen LogP contribution in [0.5, 0.6) is 0 Å². The SMILES string of the molecule is O=C1/C(=C\c2ccc(Cn3cc(Br)c([N+](=O)[O-])n3)o2)NC(=S)N1CC1CCCO1. The maximum Gasteiger partial charge on any atom is 0.404 e. The second-order valence-electron chi connectivity index (χ2n) is 6.60. The fourth-order valence-electron chi connectivity index (χ4n) is 3.18. The monoisotopic (exact) mass is 481 g/mol. The van der Waals surface area contributed by atoms with Crippen LogP contribution in [0.15, 0.2) is 32.9 Å². The van der Waals surface area contributed by atoms with Crippen molar-refractivity contribution >= 4 is 51.1 Å². The summed E-state index contributed by atoms with van der Waals surface area (Å²) in [7, 11) is 0. The van der Waals surface area contributed by atoms with Gasteiger partial charge >= 0.3 is 5.82 Å². The molecule has 0 saturated carbocycles. The number of carbonyl (C=O) groups is 1. The lowest BCUT2D eigenvalue weighted by atomic mass is 10.2. The molecule has 2 aromatic rings. The van der Waals surface area contributed by atoms with Gasteiger partial charge in [-0.2, -0.15) is 4.68 Å². The number of nitrogens with zero attached hydrogens (tertiary/aromatic N) is 4. The minimum Gasteiger partial charge on any atom is -0.460 e. The second-order valence-corrected chi connectivity index (χ2v) is 7.84. The van der Waals surface area contributed by atoms with Gasteiger partial charge in [0.25, 0.3) is 5.91 Å². The van der Waals surface area contributed by atoms with Crippen LogP contribution in [0.25, 0.3) is 6.08 Å². The zero-order chi connectivity index (χ0) is 20.5. The Bertz CT molecular complexity index is 1010. The molecule has 12 heteroatoms. The summed E-state index contributed by atoms with van der Waals surface area (Å²) in [5.74, 6) is 0.499. The molecule has 1 N–H and O–H groups in total. The highest BCUT2D eigenvalue weighted by atomic mass is 79.9. The Morgan fingerprint density at radius 3 is 3.00 bits per heavy atom. The van der Waals surface area contributed by atoms with E-state index in [0.717, 1.165) is 12.8 Å². The zero-order valence-electron chi connectivity index (χ0n) is 15.0. The molecular weight excluding hydrogens is 466 g/mol. The fraction of sp³-hybridized carbons (Fsp3) is 0.353. The van der Waals surface area contributed by atoms with E-state index in [1.807, 2.05) is 0 Å². The first-order valence-electron chi connectivity index (χ1n) is 8.83. The number of rotatable bonds is 6. The summed E-state index contributed by atoms with van der Waals surface area (Å²) in [5, 5.41) is 18.0. The Kier molecular flexibility index (Phi) is 5.48. The van der Waals surface area contributed by atoms with Crippen LogP contribution in [0.3, 0.4) is 0 Å². The highest BCUT2D eigenvalue weighted by molar-refractivity contribution is 9.10. The highest BCUT2D eigenvalue weighted by Gasteiger charge is 2.33. The first-order valence-corrected chi connectivity index (χ1v) is 10.0. The third kappa shape index (κ3) is 4.23. The normalized spacial score (nSPS) is 20.7. The summed E-state index contributed by atoms with van der Waals surface area (Å²) in [5.41, 5.74) is 0.325. The Hall–Kier alpha value is -2.57. The van der Waals surface area contributed by atoms with Gasteiger partial charge in [0.2, 0.25) is 0 Å². The number of amides is 1. The van der Waals surface area contributed by atoms with Gasteiger partial charge in [0.1, 0.15) is 28.2 Å². The Morgan fingerprint density at radius 1 is 1.48 bits per heavy atom. The van der Waals surface area contributed by atoms with E-state index in [0.29, 0.717) is 35.5 Å². The lowest BCUT2D eigenvalue weighted by Crippen LogP contribution is -2.37. The number of nitrogens with one attached hydrogen (secondary N) is 1. The topological polar surface area (TPSA) is 116 Å². The molecule has 0 aromatic carbocycles. The molecule has 2 aliphatic rings. The average Bonchev–Trinajstić information content (AvgIpc) is 3.43. The molecule has 0 bridgehead atoms. The summed E-state index contributed by atoms with van der Waals surface area (Å²) in [6.45, 7) is 1.35. The summed E-state index contributed by atoms with van der Waals surface area (Å²) in [6, 6.07) is 3.42. The predicted octanol–water partition coefficient (Wildman–Crippen LogP) is 2.43. The zero-order valence-corrected chi connectivity index (χ0v) is 17.4. The van der Waals surface area contributed by atoms with E-state index in [-0.39, 0.29) is 28.8 Å². The van der Waals surface area contributed by atoms with Gasteiger partial charge in [-0.3, -0.25) is 9.69 Å². The van der Waals surface area contributed by atoms with Crippen molar-refractivity contribution in [1.29, 1.82) is 0 Å². The van der Waals surface area contributed by atoms with Gasteiger partial charge < -0.3 is 24.6 Å². The molecule has 2 aromatic heterocycles. The summed E-state index contributed by atoms with van der Waals surface area (Å²) in [4.78, 5) is 24.5. The van der Waals surface area contributed by atoms with E-state index in [9.17, 15) is 14.9 Å². The van der Waals surface area contributed by atoms with Crippen LogP contribution in [-0.2, 0) is 16.1 Å². The third-order valence-electron chi connectivity index (χ3n) is 4.53. The number of carbonyl (C=O) groups excluding carboxylic acids is 1. The van der Waals surface area contributed by atoms with Gasteiger partial charge in [-0.05, 0) is 58.0 Å². The summed E-state index contributed by atoms with van der Waals surface area (Å²) >= 11 is 8.38. The quantitative estimate of drug-likeness (QED) is 0.289. The van der Waals surface area contributed by atoms with Crippen LogP contribution in [0, 0.1) is 10.1 Å². The predicted molar refractivity (Wildman–Crippen MR) is 109 cm³/mol. The Morgan fingerprint density at radius 2 is 2.31 bits per heavy atom. The number of thiocarbonyl (C=S) groups is 1. The Balaban J connectivity index is 1.44. The molecule has 4 heterocycles. The van der Waals surface area contributed by atoms with E-state index in [4.69, 9.17) is 21.4 Å². The number of furan rings is 1. The number of aromatic nitrogens is 2. The first kappa shape index (κ1) is 19.7. The minimum atomic E-state index is -0.568. The minimum absolute atomic E-state index is 0.00529. The van der Waals surface area contributed by atoms with Crippen LogP contribution in [-0.4, -0.2) is 49.9 Å². The van der Waals surface area contributed by atoms with Crippen LogP contribution in [0.1, 0.15) is 24.4 Å². The first-order chi connectivity index (χ1) is 13.9. The number of hydrogen-bond donors (Lipinski definition) is 1. The van der Waals surface area contributed by atoms with Crippen molar-refractivity contribution in [2.75, 3.05) is 13.2 Å². The molecule has 2 saturated heterocycles. The molecule has 0 spiro atoms. The van der Waals surface area contributed by atoms with Crippen LogP contribution in [0.2, 0.25) is 0 Å². The fourth-order valence-corrected chi connectivity index (χ4v) is 3.91. The van der Waals surface area contributed by atoms with Crippen molar-refractivity contribution in [2.45, 2.75) is 25.5 Å². The second kappa shape index (κ2) is 8.05. The summed E-state index contributed by atoms with van der Waals surface area (Å²) in [6.07, 6.45) is 4.98. The van der Waals surface area contributed by atoms with Gasteiger partial charge in [0.15, 0.2) is 5.11 Å². The molecule has 2 aliphatic heterocycles. The van der Waals surface area contributed by atoms with Gasteiger partial charge in [-0.15, -0.1) is 0 Å². The molecule has 29 heavy (non-hydrogen) atoms. The van der Waals surface area contributed by atoms with E-state index in [1.54, 1.807) is 18.2 Å². The van der Waals surface area contributed by atoms with Crippen molar-refractivity contribution in [3.8, 4) is 0 Å². The standard InChI is InChI=1S/C17H16BrN5O5S/c18-13-9-21(20-15(13)23(25)26)7-12-4-3-10(28-12)6-14-16(24)22(17(29)19-14)8-11-2-1-5-27-11/h3-4,6,9,11H,1-2,5,7-8H2,(H,19,29)/b14-6+. The van der Waals surface area contributed by atoms with Crippen molar-refractivity contribution < 1.29 is 18.9 Å². The molecule has 0 radical (unpaired) electrons. The average molecular weight is 482 g/mol. The maximum atomic E-state index is 12.6. The molecule has 1 atom stereocenters. The largest absolute Gasteiger partial charge is 0.460 e. The molecule has 4 rings (SSSR count).